The largest absolute Gasteiger partial charge is 0.284 e. The SMILES string of the molecule is O=[N+]([O-])c1cc2c(c([N+](=O)[O-])c1)-c1c(cc([N+](=O)[O-])cc1[N+](=O)[O-])C2=Cc1cccs1. The Morgan fingerprint density at radius 3 is 1.55 bits per heavy atom. The van der Waals surface area contributed by atoms with E-state index in [9.17, 15) is 40.5 Å². The maximum Gasteiger partial charge on any atom is 0.284 e. The molecular weight excluding hydrogens is 432 g/mol. The van der Waals surface area contributed by atoms with Gasteiger partial charge in [-0.15, -0.1) is 11.3 Å². The first-order chi connectivity index (χ1) is 14.7. The van der Waals surface area contributed by atoms with Crippen LogP contribution in [0.4, 0.5) is 22.7 Å². The van der Waals surface area contributed by atoms with Crippen molar-refractivity contribution < 1.29 is 19.7 Å². The molecule has 3 aromatic rings. The standard InChI is InChI=1S/C18H8N4O8S/c23-19(24)9-4-13-12(8-11-2-1-3-31-11)14-5-10(20(25)26)7-16(22(29)30)18(14)17(13)15(6-9)21(27)28/h1-8H. The van der Waals surface area contributed by atoms with Gasteiger partial charge in [-0.25, -0.2) is 0 Å². The van der Waals surface area contributed by atoms with Gasteiger partial charge >= 0.3 is 0 Å². The highest BCUT2D eigenvalue weighted by Crippen LogP contribution is 2.55. The van der Waals surface area contributed by atoms with E-state index in [1.54, 1.807) is 17.5 Å². The van der Waals surface area contributed by atoms with E-state index in [1.807, 2.05) is 0 Å². The molecule has 2 aromatic carbocycles. The summed E-state index contributed by atoms with van der Waals surface area (Å²) in [6.45, 7) is 0. The van der Waals surface area contributed by atoms with Gasteiger partial charge in [-0.1, -0.05) is 6.07 Å². The Hall–Kier alpha value is -4.52. The van der Waals surface area contributed by atoms with Gasteiger partial charge < -0.3 is 0 Å². The molecule has 0 unspecified atom stereocenters. The van der Waals surface area contributed by atoms with Crippen LogP contribution in [-0.2, 0) is 0 Å². The van der Waals surface area contributed by atoms with Gasteiger partial charge in [-0.2, -0.15) is 0 Å². The summed E-state index contributed by atoms with van der Waals surface area (Å²) in [6.07, 6.45) is 1.54. The van der Waals surface area contributed by atoms with Crippen molar-refractivity contribution in [2.75, 3.05) is 0 Å². The van der Waals surface area contributed by atoms with Crippen molar-refractivity contribution in [1.29, 1.82) is 0 Å². The van der Waals surface area contributed by atoms with E-state index in [0.717, 1.165) is 24.3 Å². The number of benzene rings is 2. The van der Waals surface area contributed by atoms with Gasteiger partial charge in [0, 0.05) is 28.1 Å². The third-order valence-electron chi connectivity index (χ3n) is 4.68. The quantitative estimate of drug-likeness (QED) is 0.309. The molecular formula is C18H8N4O8S. The Balaban J connectivity index is 2.20. The average molecular weight is 440 g/mol. The number of fused-ring (bicyclic) bond motifs is 3. The molecule has 1 aliphatic carbocycles. The third-order valence-corrected chi connectivity index (χ3v) is 5.50. The Kier molecular flexibility index (Phi) is 4.51. The van der Waals surface area contributed by atoms with Gasteiger partial charge in [0.05, 0.1) is 43.0 Å². The fraction of sp³-hybridized carbons (Fsp3) is 0. The van der Waals surface area contributed by atoms with Crippen molar-refractivity contribution >= 4 is 45.7 Å². The fourth-order valence-corrected chi connectivity index (χ4v) is 4.15. The third kappa shape index (κ3) is 3.18. The van der Waals surface area contributed by atoms with Crippen molar-refractivity contribution in [3.8, 4) is 11.1 Å². The highest BCUT2D eigenvalue weighted by molar-refractivity contribution is 7.10. The second-order valence-electron chi connectivity index (χ2n) is 6.38. The normalized spacial score (nSPS) is 11.5. The molecule has 1 aromatic heterocycles. The number of nitrogens with zero attached hydrogens (tertiary/aromatic N) is 4. The lowest BCUT2D eigenvalue weighted by atomic mass is 10.0. The maximum atomic E-state index is 11.7. The van der Waals surface area contributed by atoms with Gasteiger partial charge in [-0.05, 0) is 23.1 Å². The Bertz CT molecular complexity index is 1260. The molecule has 31 heavy (non-hydrogen) atoms. The van der Waals surface area contributed by atoms with Crippen LogP contribution in [0.5, 0.6) is 0 Å². The number of rotatable bonds is 5. The van der Waals surface area contributed by atoms with Gasteiger partial charge in [-0.3, -0.25) is 40.5 Å². The molecule has 0 amide bonds. The van der Waals surface area contributed by atoms with Crippen LogP contribution >= 0.6 is 11.3 Å². The number of nitro benzene ring substituents is 4. The smallest absolute Gasteiger partial charge is 0.258 e. The van der Waals surface area contributed by atoms with Crippen LogP contribution in [-0.4, -0.2) is 19.7 Å². The average Bonchev–Trinajstić information content (AvgIpc) is 3.33. The first kappa shape index (κ1) is 19.8. The van der Waals surface area contributed by atoms with Crippen molar-refractivity contribution in [3.05, 3.63) is 98.2 Å². The van der Waals surface area contributed by atoms with E-state index in [1.165, 1.54) is 17.4 Å². The van der Waals surface area contributed by atoms with Crippen LogP contribution < -0.4 is 0 Å². The van der Waals surface area contributed by atoms with Gasteiger partial charge in [0.15, 0.2) is 0 Å². The monoisotopic (exact) mass is 440 g/mol. The Morgan fingerprint density at radius 2 is 1.19 bits per heavy atom. The van der Waals surface area contributed by atoms with Crippen LogP contribution in [0.2, 0.25) is 0 Å². The van der Waals surface area contributed by atoms with E-state index in [0.29, 0.717) is 4.88 Å². The summed E-state index contributed by atoms with van der Waals surface area (Å²) in [4.78, 5) is 43.4. The highest BCUT2D eigenvalue weighted by Gasteiger charge is 2.40. The van der Waals surface area contributed by atoms with Crippen molar-refractivity contribution in [2.45, 2.75) is 0 Å². The first-order valence-corrected chi connectivity index (χ1v) is 9.27. The minimum absolute atomic E-state index is 0.0212. The maximum absolute atomic E-state index is 11.7. The summed E-state index contributed by atoms with van der Waals surface area (Å²) < 4.78 is 0. The number of non-ortho nitro benzene ring substituents is 2. The first-order valence-electron chi connectivity index (χ1n) is 8.39. The van der Waals surface area contributed by atoms with Crippen molar-refractivity contribution in [2.24, 2.45) is 0 Å². The van der Waals surface area contributed by atoms with Crippen LogP contribution in [0.25, 0.3) is 22.8 Å². The second-order valence-corrected chi connectivity index (χ2v) is 7.36. The molecule has 1 aliphatic rings. The van der Waals surface area contributed by atoms with Crippen molar-refractivity contribution in [1.82, 2.24) is 0 Å². The summed E-state index contributed by atoms with van der Waals surface area (Å²) in [6, 6.07) is 7.03. The van der Waals surface area contributed by atoms with E-state index in [2.05, 4.69) is 0 Å². The minimum Gasteiger partial charge on any atom is -0.258 e. The number of hydrogen-bond acceptors (Lipinski definition) is 9. The molecule has 13 heteroatoms. The summed E-state index contributed by atoms with van der Waals surface area (Å²) in [5, 5.41) is 47.9. The second kappa shape index (κ2) is 7.07. The molecule has 0 atom stereocenters. The molecule has 0 spiro atoms. The van der Waals surface area contributed by atoms with Crippen LogP contribution in [0.15, 0.2) is 41.8 Å². The minimum atomic E-state index is -0.866. The number of nitro groups is 4. The van der Waals surface area contributed by atoms with E-state index in [4.69, 9.17) is 0 Å². The zero-order valence-corrected chi connectivity index (χ0v) is 15.9. The molecule has 0 N–H and O–H groups in total. The molecule has 0 saturated carbocycles. The Morgan fingerprint density at radius 1 is 0.710 bits per heavy atom. The molecule has 0 fully saturated rings. The lowest BCUT2D eigenvalue weighted by molar-refractivity contribution is -0.395. The molecule has 154 valence electrons. The summed E-state index contributed by atoms with van der Waals surface area (Å²) in [5.74, 6) is 0. The van der Waals surface area contributed by atoms with E-state index < -0.39 is 42.4 Å². The lowest BCUT2D eigenvalue weighted by Gasteiger charge is -2.04. The number of hydrogen-bond donors (Lipinski definition) is 0. The van der Waals surface area contributed by atoms with Crippen LogP contribution in [0, 0.1) is 40.5 Å². The van der Waals surface area contributed by atoms with Gasteiger partial charge in [0.1, 0.15) is 0 Å². The van der Waals surface area contributed by atoms with Crippen LogP contribution in [0.1, 0.15) is 16.0 Å². The molecule has 4 rings (SSSR count). The van der Waals surface area contributed by atoms with Gasteiger partial charge in [0.25, 0.3) is 22.7 Å². The zero-order valence-electron chi connectivity index (χ0n) is 15.1. The number of thiophene rings is 1. The molecule has 0 saturated heterocycles. The van der Waals surface area contributed by atoms with Gasteiger partial charge in [0.2, 0.25) is 0 Å². The van der Waals surface area contributed by atoms with E-state index in [-0.39, 0.29) is 27.8 Å². The highest BCUT2D eigenvalue weighted by atomic mass is 32.1. The topological polar surface area (TPSA) is 173 Å². The predicted molar refractivity (Wildman–Crippen MR) is 110 cm³/mol. The fourth-order valence-electron chi connectivity index (χ4n) is 3.49. The molecule has 0 bridgehead atoms. The molecule has 0 radical (unpaired) electrons. The Labute approximate surface area is 175 Å². The summed E-state index contributed by atoms with van der Waals surface area (Å²) in [7, 11) is 0. The summed E-state index contributed by atoms with van der Waals surface area (Å²) in [5.41, 5.74) is -2.69. The molecule has 1 heterocycles. The molecule has 12 nitrogen and oxygen atoms in total. The van der Waals surface area contributed by atoms with E-state index >= 15 is 0 Å². The molecule has 0 aliphatic heterocycles. The lowest BCUT2D eigenvalue weighted by Crippen LogP contribution is -1.99. The predicted octanol–water partition coefficient (Wildman–Crippen LogP) is 4.95. The summed E-state index contributed by atoms with van der Waals surface area (Å²) >= 11 is 1.29. The zero-order chi connectivity index (χ0) is 22.4. The van der Waals surface area contributed by atoms with Crippen LogP contribution in [0.3, 0.4) is 0 Å². The van der Waals surface area contributed by atoms with Crippen molar-refractivity contribution in [3.63, 3.8) is 0 Å².